The summed E-state index contributed by atoms with van der Waals surface area (Å²) in [4.78, 5) is 29.0. The number of nitrogens with zero attached hydrogens (tertiary/aromatic N) is 3. The Morgan fingerprint density at radius 1 is 1.06 bits per heavy atom. The molecular weight excluding hydrogens is 442 g/mol. The second-order valence-electron chi connectivity index (χ2n) is 8.91. The minimum absolute atomic E-state index is 0.109. The molecule has 0 bridgehead atoms. The molecule has 5 rings (SSSR count). The summed E-state index contributed by atoms with van der Waals surface area (Å²) in [6.45, 7) is 3.28. The van der Waals surface area contributed by atoms with Gasteiger partial charge >= 0.3 is 0 Å². The molecule has 0 radical (unpaired) electrons. The van der Waals surface area contributed by atoms with Crippen molar-refractivity contribution in [3.63, 3.8) is 0 Å². The summed E-state index contributed by atoms with van der Waals surface area (Å²) in [5.74, 6) is 0.322. The number of sulfonamides is 1. The van der Waals surface area contributed by atoms with Crippen LogP contribution < -0.4 is 14.5 Å². The molecule has 33 heavy (non-hydrogen) atoms. The van der Waals surface area contributed by atoms with Gasteiger partial charge in [0.2, 0.25) is 15.9 Å². The third kappa shape index (κ3) is 4.00. The zero-order valence-electron chi connectivity index (χ0n) is 18.6. The van der Waals surface area contributed by atoms with Crippen LogP contribution in [0.2, 0.25) is 0 Å². The molecule has 8 nitrogen and oxygen atoms in total. The third-order valence-corrected chi connectivity index (χ3v) is 8.63. The summed E-state index contributed by atoms with van der Waals surface area (Å²) < 4.78 is 33.5. The van der Waals surface area contributed by atoms with Gasteiger partial charge in [-0.2, -0.15) is 4.31 Å². The fraction of sp³-hybridized carbons (Fsp3) is 0.417. The predicted molar refractivity (Wildman–Crippen MR) is 124 cm³/mol. The van der Waals surface area contributed by atoms with Crippen LogP contribution in [0.4, 0.5) is 11.4 Å². The van der Waals surface area contributed by atoms with Gasteiger partial charge < -0.3 is 9.64 Å². The van der Waals surface area contributed by atoms with E-state index >= 15 is 0 Å². The molecule has 0 unspecified atom stereocenters. The molecule has 0 saturated carbocycles. The fourth-order valence-corrected chi connectivity index (χ4v) is 6.20. The van der Waals surface area contributed by atoms with E-state index in [1.165, 1.54) is 21.3 Å². The minimum atomic E-state index is -3.70. The van der Waals surface area contributed by atoms with Crippen molar-refractivity contribution in [1.82, 2.24) is 4.31 Å². The van der Waals surface area contributed by atoms with Gasteiger partial charge in [0.15, 0.2) is 6.61 Å². The van der Waals surface area contributed by atoms with Gasteiger partial charge in [-0.3, -0.25) is 14.5 Å². The second kappa shape index (κ2) is 8.46. The number of rotatable bonds is 4. The lowest BCUT2D eigenvalue weighted by Crippen LogP contribution is -2.46. The lowest BCUT2D eigenvalue weighted by atomic mass is 10.0. The van der Waals surface area contributed by atoms with E-state index in [2.05, 4.69) is 6.92 Å². The van der Waals surface area contributed by atoms with E-state index in [0.29, 0.717) is 37.0 Å². The lowest BCUT2D eigenvalue weighted by molar-refractivity contribution is -0.124. The van der Waals surface area contributed by atoms with Gasteiger partial charge in [-0.1, -0.05) is 25.1 Å². The number of carbonyl (C=O) groups excluding carboxylic acids is 2. The summed E-state index contributed by atoms with van der Waals surface area (Å²) in [6, 6.07) is 12.3. The van der Waals surface area contributed by atoms with Crippen molar-refractivity contribution in [3.05, 3.63) is 48.0 Å². The number of benzene rings is 2. The maximum absolute atomic E-state index is 13.2. The molecule has 2 amide bonds. The number of anilines is 2. The number of fused-ring (bicyclic) bond motifs is 2. The normalized spacial score (nSPS) is 19.2. The van der Waals surface area contributed by atoms with E-state index in [9.17, 15) is 18.0 Å². The number of hydrogen-bond acceptors (Lipinski definition) is 5. The molecule has 2 aromatic carbocycles. The zero-order chi connectivity index (χ0) is 23.2. The van der Waals surface area contributed by atoms with Crippen LogP contribution in [-0.4, -0.2) is 57.3 Å². The first-order chi connectivity index (χ1) is 15.8. The highest BCUT2D eigenvalue weighted by molar-refractivity contribution is 7.89. The van der Waals surface area contributed by atoms with Crippen LogP contribution in [0, 0.1) is 5.92 Å². The van der Waals surface area contributed by atoms with Gasteiger partial charge in [0.05, 0.1) is 10.6 Å². The first kappa shape index (κ1) is 21.9. The summed E-state index contributed by atoms with van der Waals surface area (Å²) in [6.07, 6.45) is 2.42. The molecule has 3 aliphatic heterocycles. The average Bonchev–Trinajstić information content (AvgIpc) is 3.25. The van der Waals surface area contributed by atoms with Gasteiger partial charge in [0.1, 0.15) is 12.3 Å². The minimum Gasteiger partial charge on any atom is -0.482 e. The average molecular weight is 470 g/mol. The van der Waals surface area contributed by atoms with Gasteiger partial charge in [-0.05, 0) is 55.0 Å². The summed E-state index contributed by atoms with van der Waals surface area (Å²) in [5, 5.41) is 0. The van der Waals surface area contributed by atoms with Crippen LogP contribution in [0.1, 0.15) is 25.3 Å². The van der Waals surface area contributed by atoms with E-state index in [4.69, 9.17) is 4.74 Å². The number of carbonyl (C=O) groups is 2. The van der Waals surface area contributed by atoms with Crippen LogP contribution >= 0.6 is 0 Å². The SMILES string of the molecule is CC1CCN(S(=O)(=O)c2ccc3c(c2)N(CC(=O)N2CCc4ccccc42)C(=O)CO3)CC1. The molecule has 0 N–H and O–H groups in total. The second-order valence-corrected chi connectivity index (χ2v) is 10.8. The monoisotopic (exact) mass is 469 g/mol. The Morgan fingerprint density at radius 2 is 1.82 bits per heavy atom. The van der Waals surface area contributed by atoms with Crippen molar-refractivity contribution in [2.75, 3.05) is 42.6 Å². The zero-order valence-corrected chi connectivity index (χ0v) is 19.4. The molecule has 0 atom stereocenters. The van der Waals surface area contributed by atoms with Crippen LogP contribution in [0.5, 0.6) is 5.75 Å². The summed E-state index contributed by atoms with van der Waals surface area (Å²) in [5.41, 5.74) is 2.28. The quantitative estimate of drug-likeness (QED) is 0.686. The Hall–Kier alpha value is -2.91. The lowest BCUT2D eigenvalue weighted by Gasteiger charge is -2.32. The number of ether oxygens (including phenoxy) is 1. The van der Waals surface area contributed by atoms with Crippen LogP contribution in [0.3, 0.4) is 0 Å². The van der Waals surface area contributed by atoms with Crippen LogP contribution in [-0.2, 0) is 26.0 Å². The van der Waals surface area contributed by atoms with Crippen LogP contribution in [0.25, 0.3) is 0 Å². The fourth-order valence-electron chi connectivity index (χ4n) is 4.71. The van der Waals surface area contributed by atoms with Gasteiger partial charge in [-0.25, -0.2) is 8.42 Å². The molecule has 9 heteroatoms. The number of hydrogen-bond donors (Lipinski definition) is 0. The van der Waals surface area contributed by atoms with Crippen molar-refractivity contribution in [1.29, 1.82) is 0 Å². The molecule has 174 valence electrons. The molecule has 1 fully saturated rings. The maximum Gasteiger partial charge on any atom is 0.265 e. The van der Waals surface area contributed by atoms with Crippen molar-refractivity contribution in [2.45, 2.75) is 31.1 Å². The first-order valence-corrected chi connectivity index (χ1v) is 12.7. The smallest absolute Gasteiger partial charge is 0.265 e. The first-order valence-electron chi connectivity index (χ1n) is 11.3. The van der Waals surface area contributed by atoms with Gasteiger partial charge in [0, 0.05) is 25.3 Å². The highest BCUT2D eigenvalue weighted by atomic mass is 32.2. The summed E-state index contributed by atoms with van der Waals surface area (Å²) in [7, 11) is -3.70. The van der Waals surface area contributed by atoms with Gasteiger partial charge in [-0.15, -0.1) is 0 Å². The Morgan fingerprint density at radius 3 is 2.61 bits per heavy atom. The highest BCUT2D eigenvalue weighted by Gasteiger charge is 2.34. The highest BCUT2D eigenvalue weighted by Crippen LogP contribution is 2.36. The van der Waals surface area contributed by atoms with Crippen LogP contribution in [0.15, 0.2) is 47.4 Å². The van der Waals surface area contributed by atoms with Gasteiger partial charge in [0.25, 0.3) is 5.91 Å². The molecule has 3 heterocycles. The third-order valence-electron chi connectivity index (χ3n) is 6.74. The van der Waals surface area contributed by atoms with Crippen molar-refractivity contribution >= 4 is 33.2 Å². The standard InChI is InChI=1S/C24H27N3O5S/c1-17-8-11-25(12-9-17)33(30,31)19-6-7-22-21(14-19)27(24(29)16-32-22)15-23(28)26-13-10-18-4-2-3-5-20(18)26/h2-7,14,17H,8-13,15-16H2,1H3. The Bertz CT molecular complexity index is 1200. The van der Waals surface area contributed by atoms with E-state index in [1.807, 2.05) is 24.3 Å². The molecule has 3 aliphatic rings. The number of para-hydroxylation sites is 1. The number of amides is 2. The number of piperidine rings is 1. The molecule has 2 aromatic rings. The Kier molecular flexibility index (Phi) is 5.62. The van der Waals surface area contributed by atoms with E-state index < -0.39 is 10.0 Å². The largest absolute Gasteiger partial charge is 0.482 e. The van der Waals surface area contributed by atoms with Crippen molar-refractivity contribution in [2.24, 2.45) is 5.92 Å². The Balaban J connectivity index is 1.42. The molecule has 1 saturated heterocycles. The predicted octanol–water partition coefficient (Wildman–Crippen LogP) is 2.42. The molecule has 0 spiro atoms. The Labute approximate surface area is 193 Å². The van der Waals surface area contributed by atoms with E-state index in [0.717, 1.165) is 30.5 Å². The van der Waals surface area contributed by atoms with Crippen molar-refractivity contribution in [3.8, 4) is 5.75 Å². The molecule has 0 aromatic heterocycles. The molecular formula is C24H27N3O5S. The topological polar surface area (TPSA) is 87.2 Å². The van der Waals surface area contributed by atoms with E-state index in [1.54, 1.807) is 11.0 Å². The molecule has 0 aliphatic carbocycles. The van der Waals surface area contributed by atoms with E-state index in [-0.39, 0.29) is 29.9 Å². The summed E-state index contributed by atoms with van der Waals surface area (Å²) >= 11 is 0. The van der Waals surface area contributed by atoms with Crippen molar-refractivity contribution < 1.29 is 22.7 Å². The maximum atomic E-state index is 13.2.